The molecule has 0 aliphatic carbocycles. The second-order valence-corrected chi connectivity index (χ2v) is 8.51. The fraction of sp³-hybridized carbons (Fsp3) is 0.615. The lowest BCUT2D eigenvalue weighted by atomic mass is 9.91. The molecule has 0 bridgehead atoms. The van der Waals surface area contributed by atoms with E-state index >= 15 is 0 Å². The van der Waals surface area contributed by atoms with Crippen LogP contribution >= 0.6 is 0 Å². The molecule has 21 heavy (non-hydrogen) atoms. The Labute approximate surface area is 122 Å². The maximum Gasteiger partial charge on any atom is 0.328 e. The van der Waals surface area contributed by atoms with Crippen molar-refractivity contribution >= 4 is 27.5 Å². The van der Waals surface area contributed by atoms with Gasteiger partial charge in [0.25, 0.3) is 0 Å². The maximum atomic E-state index is 12.5. The molecule has 0 spiro atoms. The van der Waals surface area contributed by atoms with Crippen LogP contribution in [0.4, 0.5) is 0 Å². The van der Waals surface area contributed by atoms with Gasteiger partial charge in [-0.3, -0.25) is 9.59 Å². The molecule has 2 aliphatic heterocycles. The van der Waals surface area contributed by atoms with Gasteiger partial charge in [0.15, 0.2) is 15.2 Å². The third-order valence-electron chi connectivity index (χ3n) is 4.09. The number of amides is 1. The predicted octanol–water partition coefficient (Wildman–Crippen LogP) is -0.0336. The molecular formula is C13H17NO6S. The summed E-state index contributed by atoms with van der Waals surface area (Å²) in [6.45, 7) is 4.03. The zero-order chi connectivity index (χ0) is 16.2. The van der Waals surface area contributed by atoms with Crippen molar-refractivity contribution in [3.8, 4) is 0 Å². The second kappa shape index (κ2) is 4.66. The molecule has 3 atom stereocenters. The van der Waals surface area contributed by atoms with E-state index in [9.17, 15) is 27.9 Å². The zero-order valence-electron chi connectivity index (χ0n) is 11.9. The Morgan fingerprint density at radius 1 is 1.38 bits per heavy atom. The van der Waals surface area contributed by atoms with Gasteiger partial charge in [0.1, 0.15) is 11.8 Å². The number of sulfone groups is 1. The van der Waals surface area contributed by atoms with Crippen molar-refractivity contribution in [3.05, 3.63) is 12.2 Å². The molecule has 2 aliphatic rings. The van der Waals surface area contributed by atoms with Gasteiger partial charge in [-0.05, 0) is 20.8 Å². The lowest BCUT2D eigenvalue weighted by molar-refractivity contribution is -0.161. The minimum atomic E-state index is -3.80. The smallest absolute Gasteiger partial charge is 0.328 e. The molecule has 0 saturated carbocycles. The third-order valence-corrected chi connectivity index (χ3v) is 6.94. The topological polar surface area (TPSA) is 109 Å². The highest BCUT2D eigenvalue weighted by atomic mass is 32.2. The normalized spacial score (nSPS) is 32.8. The van der Waals surface area contributed by atoms with E-state index in [0.717, 1.165) is 4.90 Å². The first-order valence-corrected chi connectivity index (χ1v) is 8.02. The number of rotatable bonds is 4. The molecule has 1 N–H and O–H groups in total. The summed E-state index contributed by atoms with van der Waals surface area (Å²) in [4.78, 5) is 35.2. The number of ketones is 1. The molecule has 2 saturated heterocycles. The van der Waals surface area contributed by atoms with Crippen molar-refractivity contribution < 1.29 is 27.9 Å². The molecule has 2 fully saturated rings. The lowest BCUT2D eigenvalue weighted by Gasteiger charge is -2.41. The van der Waals surface area contributed by atoms with Gasteiger partial charge in [0.05, 0.1) is 10.7 Å². The van der Waals surface area contributed by atoms with E-state index in [0.29, 0.717) is 0 Å². The Morgan fingerprint density at radius 2 is 1.95 bits per heavy atom. The molecule has 1 unspecified atom stereocenters. The van der Waals surface area contributed by atoms with Gasteiger partial charge < -0.3 is 10.0 Å². The molecule has 7 nitrogen and oxygen atoms in total. The van der Waals surface area contributed by atoms with Gasteiger partial charge in [-0.25, -0.2) is 13.2 Å². The fourth-order valence-corrected chi connectivity index (χ4v) is 5.17. The number of nitrogens with zero attached hydrogens (tertiary/aromatic N) is 1. The van der Waals surface area contributed by atoms with Crippen molar-refractivity contribution in [3.63, 3.8) is 0 Å². The lowest BCUT2D eigenvalue weighted by Crippen LogP contribution is -2.62. The van der Waals surface area contributed by atoms with Crippen LogP contribution in [0.15, 0.2) is 12.2 Å². The van der Waals surface area contributed by atoms with Crippen LogP contribution in [0.2, 0.25) is 0 Å². The standard InChI is InChI=1S/C13H17NO6S/c1-7(15)5-4-6-8-10(16)14-9(12(17)18)13(2,3)21(19,20)11(8)14/h4,6,8-9,11H,5H2,1-3H3,(H,17,18)/b6-4+/t8?,9-,11+/m0/s1. The SMILES string of the molecule is CC(=O)C/C=C/C1C(=O)N2[C@@H](C(=O)O)C(C)(C)S(=O)(=O)[C@H]12. The number of carbonyl (C=O) groups is 3. The fourth-order valence-electron chi connectivity index (χ4n) is 2.90. The summed E-state index contributed by atoms with van der Waals surface area (Å²) in [6.07, 6.45) is 2.96. The van der Waals surface area contributed by atoms with E-state index in [1.54, 1.807) is 0 Å². The van der Waals surface area contributed by atoms with Crippen LogP contribution in [0.5, 0.6) is 0 Å². The highest BCUT2D eigenvalue weighted by Gasteiger charge is 2.71. The monoisotopic (exact) mass is 315 g/mol. The minimum absolute atomic E-state index is 0.104. The number of allylic oxidation sites excluding steroid dienone is 1. The van der Waals surface area contributed by atoms with Crippen LogP contribution in [0, 0.1) is 5.92 Å². The Bertz CT molecular complexity index is 648. The van der Waals surface area contributed by atoms with Crippen LogP contribution in [-0.4, -0.2) is 52.2 Å². The molecular weight excluding hydrogens is 298 g/mol. The summed E-state index contributed by atoms with van der Waals surface area (Å²) >= 11 is 0. The van der Waals surface area contributed by atoms with Crippen molar-refractivity contribution in [1.29, 1.82) is 0 Å². The predicted molar refractivity (Wildman–Crippen MR) is 73.0 cm³/mol. The van der Waals surface area contributed by atoms with Crippen molar-refractivity contribution in [2.45, 2.75) is 43.4 Å². The van der Waals surface area contributed by atoms with Crippen molar-refractivity contribution in [1.82, 2.24) is 4.90 Å². The van der Waals surface area contributed by atoms with Crippen molar-refractivity contribution in [2.75, 3.05) is 0 Å². The summed E-state index contributed by atoms with van der Waals surface area (Å²) in [5, 5.41) is 8.09. The number of hydrogen-bond donors (Lipinski definition) is 1. The van der Waals surface area contributed by atoms with E-state index in [-0.39, 0.29) is 12.2 Å². The first-order chi connectivity index (χ1) is 9.53. The molecule has 0 aromatic carbocycles. The largest absolute Gasteiger partial charge is 0.480 e. The highest BCUT2D eigenvalue weighted by molar-refractivity contribution is 7.93. The van der Waals surface area contributed by atoms with Crippen LogP contribution < -0.4 is 0 Å². The second-order valence-electron chi connectivity index (χ2n) is 5.89. The first kappa shape index (κ1) is 15.7. The van der Waals surface area contributed by atoms with E-state index in [4.69, 9.17) is 0 Å². The van der Waals surface area contributed by atoms with E-state index in [1.165, 1.54) is 32.9 Å². The Balaban J connectivity index is 2.37. The van der Waals surface area contributed by atoms with Crippen LogP contribution in [0.3, 0.4) is 0 Å². The average molecular weight is 315 g/mol. The molecule has 0 radical (unpaired) electrons. The number of fused-ring (bicyclic) bond motifs is 1. The number of hydrogen-bond acceptors (Lipinski definition) is 5. The van der Waals surface area contributed by atoms with Crippen LogP contribution in [-0.2, 0) is 24.2 Å². The van der Waals surface area contributed by atoms with E-state index in [2.05, 4.69) is 0 Å². The first-order valence-electron chi connectivity index (χ1n) is 6.48. The summed E-state index contributed by atoms with van der Waals surface area (Å²) in [7, 11) is -3.80. The average Bonchev–Trinajstić information content (AvgIpc) is 2.47. The van der Waals surface area contributed by atoms with E-state index < -0.39 is 43.8 Å². The number of carboxylic acids is 1. The number of carbonyl (C=O) groups excluding carboxylic acids is 2. The summed E-state index contributed by atoms with van der Waals surface area (Å²) < 4.78 is 23.4. The van der Waals surface area contributed by atoms with Gasteiger partial charge in [0, 0.05) is 6.42 Å². The highest BCUT2D eigenvalue weighted by Crippen LogP contribution is 2.48. The molecule has 2 rings (SSSR count). The summed E-state index contributed by atoms with van der Waals surface area (Å²) in [5.74, 6) is -2.86. The summed E-state index contributed by atoms with van der Waals surface area (Å²) in [5.41, 5.74) is 0. The quantitative estimate of drug-likeness (QED) is 0.576. The Hall–Kier alpha value is -1.70. The third kappa shape index (κ3) is 2.00. The Morgan fingerprint density at radius 3 is 2.43 bits per heavy atom. The maximum absolute atomic E-state index is 12.5. The van der Waals surface area contributed by atoms with Gasteiger partial charge in [-0.2, -0.15) is 0 Å². The zero-order valence-corrected chi connectivity index (χ0v) is 12.8. The van der Waals surface area contributed by atoms with Gasteiger partial charge in [-0.15, -0.1) is 0 Å². The van der Waals surface area contributed by atoms with Gasteiger partial charge in [0.2, 0.25) is 5.91 Å². The van der Waals surface area contributed by atoms with Gasteiger partial charge in [-0.1, -0.05) is 12.2 Å². The Kier molecular flexibility index (Phi) is 3.48. The van der Waals surface area contributed by atoms with Crippen LogP contribution in [0.25, 0.3) is 0 Å². The molecule has 0 aromatic rings. The minimum Gasteiger partial charge on any atom is -0.480 e. The number of carboxylic acid groups (broad SMARTS) is 1. The number of β-lactam (4-membered cyclic amide) rings is 1. The molecule has 8 heteroatoms. The number of Topliss-reactive ketones (excluding diaryl/α,β-unsaturated/α-hetero) is 1. The van der Waals surface area contributed by atoms with Crippen molar-refractivity contribution in [2.24, 2.45) is 5.92 Å². The van der Waals surface area contributed by atoms with Gasteiger partial charge >= 0.3 is 5.97 Å². The molecule has 116 valence electrons. The van der Waals surface area contributed by atoms with Crippen LogP contribution in [0.1, 0.15) is 27.2 Å². The number of aliphatic carboxylic acids is 1. The van der Waals surface area contributed by atoms with E-state index in [1.807, 2.05) is 0 Å². The molecule has 0 aromatic heterocycles. The molecule has 1 amide bonds. The summed E-state index contributed by atoms with van der Waals surface area (Å²) in [6, 6.07) is -1.38. The molecule has 2 heterocycles.